The van der Waals surface area contributed by atoms with Crippen LogP contribution in [0.15, 0.2) is 24.3 Å². The Hall–Kier alpha value is -1.56. The molecule has 0 aromatic heterocycles. The van der Waals surface area contributed by atoms with Gasteiger partial charge in [0.1, 0.15) is 6.10 Å². The Kier molecular flexibility index (Phi) is 3.30. The van der Waals surface area contributed by atoms with E-state index in [0.717, 1.165) is 6.07 Å². The highest BCUT2D eigenvalue weighted by Crippen LogP contribution is 2.40. The first-order chi connectivity index (χ1) is 8.39. The number of benzene rings is 1. The van der Waals surface area contributed by atoms with E-state index in [9.17, 15) is 18.0 Å². The van der Waals surface area contributed by atoms with Gasteiger partial charge in [-0.05, 0) is 24.5 Å². The van der Waals surface area contributed by atoms with Gasteiger partial charge in [-0.1, -0.05) is 18.2 Å². The van der Waals surface area contributed by atoms with Crippen LogP contribution in [0.4, 0.5) is 13.2 Å². The molecule has 98 valence electrons. The molecule has 1 fully saturated rings. The Morgan fingerprint density at radius 3 is 2.50 bits per heavy atom. The molecule has 6 heteroatoms. The molecule has 0 saturated carbocycles. The van der Waals surface area contributed by atoms with Crippen LogP contribution in [0.2, 0.25) is 0 Å². The van der Waals surface area contributed by atoms with Crippen LogP contribution in [-0.2, 0) is 15.7 Å². The van der Waals surface area contributed by atoms with E-state index in [1.165, 1.54) is 18.2 Å². The fourth-order valence-electron chi connectivity index (χ4n) is 2.11. The lowest BCUT2D eigenvalue weighted by Gasteiger charge is -2.17. The van der Waals surface area contributed by atoms with Crippen molar-refractivity contribution in [1.82, 2.24) is 0 Å². The van der Waals surface area contributed by atoms with E-state index < -0.39 is 29.9 Å². The van der Waals surface area contributed by atoms with Crippen LogP contribution in [-0.4, -0.2) is 12.0 Å². The first kappa shape index (κ1) is 12.9. The molecule has 0 radical (unpaired) electrons. The molecule has 3 nitrogen and oxygen atoms in total. The Bertz CT molecular complexity index is 459. The Morgan fingerprint density at radius 1 is 1.28 bits per heavy atom. The zero-order valence-electron chi connectivity index (χ0n) is 9.41. The Labute approximate surface area is 102 Å². The van der Waals surface area contributed by atoms with Crippen molar-refractivity contribution in [3.8, 4) is 0 Å². The molecule has 0 unspecified atom stereocenters. The van der Waals surface area contributed by atoms with Gasteiger partial charge in [0, 0.05) is 0 Å². The first-order valence-electron chi connectivity index (χ1n) is 5.50. The summed E-state index contributed by atoms with van der Waals surface area (Å²) in [6.07, 6.45) is -5.23. The molecule has 0 spiro atoms. The first-order valence-corrected chi connectivity index (χ1v) is 5.50. The SMILES string of the molecule is NC(=O)[C@H]1CC[C@H](c2ccccc2C(F)(F)F)O1. The molecular weight excluding hydrogens is 247 g/mol. The van der Waals surface area contributed by atoms with E-state index in [4.69, 9.17) is 10.5 Å². The van der Waals surface area contributed by atoms with Crippen LogP contribution >= 0.6 is 0 Å². The Morgan fingerprint density at radius 2 is 1.94 bits per heavy atom. The van der Waals surface area contributed by atoms with Crippen molar-refractivity contribution in [2.75, 3.05) is 0 Å². The fraction of sp³-hybridized carbons (Fsp3) is 0.417. The lowest BCUT2D eigenvalue weighted by molar-refractivity contribution is -0.139. The predicted molar refractivity (Wildman–Crippen MR) is 57.5 cm³/mol. The van der Waals surface area contributed by atoms with Crippen LogP contribution in [0, 0.1) is 0 Å². The maximum Gasteiger partial charge on any atom is 0.416 e. The zero-order valence-corrected chi connectivity index (χ0v) is 9.41. The van der Waals surface area contributed by atoms with Crippen LogP contribution in [0.5, 0.6) is 0 Å². The fourth-order valence-corrected chi connectivity index (χ4v) is 2.11. The standard InChI is InChI=1S/C12H12F3NO2/c13-12(14,15)8-4-2-1-3-7(8)9-5-6-10(18-9)11(16)17/h1-4,9-10H,5-6H2,(H2,16,17)/t9-,10-/m1/s1. The van der Waals surface area contributed by atoms with Crippen LogP contribution < -0.4 is 5.73 Å². The molecule has 1 heterocycles. The number of hydrogen-bond acceptors (Lipinski definition) is 2. The molecule has 1 aromatic rings. The molecule has 1 aliphatic heterocycles. The van der Waals surface area contributed by atoms with E-state index >= 15 is 0 Å². The van der Waals surface area contributed by atoms with Gasteiger partial charge in [-0.2, -0.15) is 13.2 Å². The number of hydrogen-bond donors (Lipinski definition) is 1. The largest absolute Gasteiger partial charge is 0.416 e. The quantitative estimate of drug-likeness (QED) is 0.886. The highest BCUT2D eigenvalue weighted by molar-refractivity contribution is 5.79. The molecule has 1 aliphatic rings. The van der Waals surface area contributed by atoms with Crippen molar-refractivity contribution >= 4 is 5.91 Å². The van der Waals surface area contributed by atoms with Crippen LogP contribution in [0.3, 0.4) is 0 Å². The van der Waals surface area contributed by atoms with Gasteiger partial charge >= 0.3 is 6.18 Å². The number of rotatable bonds is 2. The van der Waals surface area contributed by atoms with Gasteiger partial charge in [0.15, 0.2) is 0 Å². The maximum absolute atomic E-state index is 12.8. The van der Waals surface area contributed by atoms with Gasteiger partial charge in [-0.15, -0.1) is 0 Å². The van der Waals surface area contributed by atoms with Crippen molar-refractivity contribution in [1.29, 1.82) is 0 Å². The highest BCUT2D eigenvalue weighted by Gasteiger charge is 2.38. The average Bonchev–Trinajstić information content (AvgIpc) is 2.77. The van der Waals surface area contributed by atoms with Crippen LogP contribution in [0.1, 0.15) is 30.1 Å². The number of primary amides is 1. The van der Waals surface area contributed by atoms with Crippen molar-refractivity contribution in [2.45, 2.75) is 31.2 Å². The number of halogens is 3. The van der Waals surface area contributed by atoms with Gasteiger partial charge in [0.25, 0.3) is 0 Å². The molecule has 1 amide bonds. The summed E-state index contributed by atoms with van der Waals surface area (Å²) >= 11 is 0. The van der Waals surface area contributed by atoms with E-state index in [-0.39, 0.29) is 5.56 Å². The summed E-state index contributed by atoms with van der Waals surface area (Å²) in [6.45, 7) is 0. The third-order valence-corrected chi connectivity index (χ3v) is 2.95. The van der Waals surface area contributed by atoms with Gasteiger partial charge in [-0.3, -0.25) is 4.79 Å². The van der Waals surface area contributed by atoms with Crippen molar-refractivity contribution < 1.29 is 22.7 Å². The summed E-state index contributed by atoms with van der Waals surface area (Å²) in [5.41, 5.74) is 4.42. The predicted octanol–water partition coefficient (Wildman–Crippen LogP) is 2.41. The number of amides is 1. The number of alkyl halides is 3. The van der Waals surface area contributed by atoms with Crippen molar-refractivity contribution in [3.05, 3.63) is 35.4 Å². The van der Waals surface area contributed by atoms with E-state index in [2.05, 4.69) is 0 Å². The maximum atomic E-state index is 12.8. The van der Waals surface area contributed by atoms with Crippen molar-refractivity contribution in [3.63, 3.8) is 0 Å². The molecule has 0 bridgehead atoms. The molecule has 18 heavy (non-hydrogen) atoms. The van der Waals surface area contributed by atoms with E-state index in [1.807, 2.05) is 0 Å². The summed E-state index contributed by atoms with van der Waals surface area (Å²) in [7, 11) is 0. The highest BCUT2D eigenvalue weighted by atomic mass is 19.4. The lowest BCUT2D eigenvalue weighted by atomic mass is 10.00. The third kappa shape index (κ3) is 2.48. The molecule has 2 atom stereocenters. The number of ether oxygens (including phenoxy) is 1. The third-order valence-electron chi connectivity index (χ3n) is 2.95. The van der Waals surface area contributed by atoms with E-state index in [1.54, 1.807) is 0 Å². The number of nitrogens with two attached hydrogens (primary N) is 1. The molecule has 1 saturated heterocycles. The summed E-state index contributed by atoms with van der Waals surface area (Å²) in [4.78, 5) is 10.9. The van der Waals surface area contributed by atoms with Crippen LogP contribution in [0.25, 0.3) is 0 Å². The van der Waals surface area contributed by atoms with Gasteiger partial charge in [-0.25, -0.2) is 0 Å². The zero-order chi connectivity index (χ0) is 13.3. The van der Waals surface area contributed by atoms with Gasteiger partial charge < -0.3 is 10.5 Å². The normalized spacial score (nSPS) is 24.2. The average molecular weight is 259 g/mol. The summed E-state index contributed by atoms with van der Waals surface area (Å²) < 4.78 is 43.7. The molecule has 2 N–H and O–H groups in total. The smallest absolute Gasteiger partial charge is 0.367 e. The molecule has 1 aromatic carbocycles. The van der Waals surface area contributed by atoms with Gasteiger partial charge in [0.2, 0.25) is 5.91 Å². The number of carbonyl (C=O) groups is 1. The van der Waals surface area contributed by atoms with Crippen molar-refractivity contribution in [2.24, 2.45) is 5.73 Å². The minimum atomic E-state index is -4.43. The topological polar surface area (TPSA) is 52.3 Å². The molecule has 2 rings (SSSR count). The monoisotopic (exact) mass is 259 g/mol. The van der Waals surface area contributed by atoms with Gasteiger partial charge in [0.05, 0.1) is 11.7 Å². The second-order valence-electron chi connectivity index (χ2n) is 4.18. The summed E-state index contributed by atoms with van der Waals surface area (Å²) in [5, 5.41) is 0. The minimum Gasteiger partial charge on any atom is -0.367 e. The summed E-state index contributed by atoms with van der Waals surface area (Å²) in [5.74, 6) is -0.637. The second-order valence-corrected chi connectivity index (χ2v) is 4.18. The lowest BCUT2D eigenvalue weighted by Crippen LogP contribution is -2.27. The molecular formula is C12H12F3NO2. The summed E-state index contributed by atoms with van der Waals surface area (Å²) in [6, 6.07) is 5.23. The second kappa shape index (κ2) is 4.61. The number of carbonyl (C=O) groups excluding carboxylic acids is 1. The molecule has 0 aliphatic carbocycles. The Balaban J connectivity index is 2.27. The van der Waals surface area contributed by atoms with E-state index in [0.29, 0.717) is 12.8 Å². The minimum absolute atomic E-state index is 0.0637.